The number of rotatable bonds is 7. The van der Waals surface area contributed by atoms with Crippen molar-refractivity contribution < 1.29 is 9.15 Å². The summed E-state index contributed by atoms with van der Waals surface area (Å²) in [6.07, 6.45) is 4.47. The van der Waals surface area contributed by atoms with Crippen LogP contribution in [0.25, 0.3) is 0 Å². The average molecular weight is 198 g/mol. The van der Waals surface area contributed by atoms with Crippen molar-refractivity contribution >= 4 is 0 Å². The zero-order valence-corrected chi connectivity index (χ0v) is 8.88. The van der Waals surface area contributed by atoms with Crippen molar-refractivity contribution in [2.45, 2.75) is 19.3 Å². The Labute approximate surface area is 84.7 Å². The summed E-state index contributed by atoms with van der Waals surface area (Å²) >= 11 is 0. The standard InChI is InChI=1S/C10H18N2O2/c1-11-6-5-9-8-14-10(12-9)4-3-7-13-2/h8,11H,3-7H2,1-2H3. The Kier molecular flexibility index (Phi) is 5.25. The van der Waals surface area contributed by atoms with Crippen LogP contribution in [0.15, 0.2) is 10.7 Å². The average Bonchev–Trinajstić information content (AvgIpc) is 2.63. The van der Waals surface area contributed by atoms with Gasteiger partial charge in [-0.25, -0.2) is 4.98 Å². The molecule has 1 aromatic rings. The Morgan fingerprint density at radius 3 is 3.07 bits per heavy atom. The van der Waals surface area contributed by atoms with E-state index in [0.717, 1.165) is 44.0 Å². The van der Waals surface area contributed by atoms with Crippen LogP contribution in [0.1, 0.15) is 18.0 Å². The Morgan fingerprint density at radius 1 is 1.50 bits per heavy atom. The van der Waals surface area contributed by atoms with Gasteiger partial charge < -0.3 is 14.5 Å². The number of oxazole rings is 1. The monoisotopic (exact) mass is 198 g/mol. The van der Waals surface area contributed by atoms with Gasteiger partial charge in [-0.15, -0.1) is 0 Å². The first-order chi connectivity index (χ1) is 6.86. The first-order valence-electron chi connectivity index (χ1n) is 4.93. The summed E-state index contributed by atoms with van der Waals surface area (Å²) in [5.74, 6) is 0.813. The van der Waals surface area contributed by atoms with Gasteiger partial charge in [0.1, 0.15) is 6.26 Å². The number of ether oxygens (including phenoxy) is 1. The Bertz CT molecular complexity index is 248. The fraction of sp³-hybridized carbons (Fsp3) is 0.700. The number of aromatic nitrogens is 1. The SMILES string of the molecule is CNCCc1coc(CCCOC)n1. The highest BCUT2D eigenvalue weighted by Gasteiger charge is 2.02. The molecule has 0 fully saturated rings. The van der Waals surface area contributed by atoms with Crippen LogP contribution in [-0.2, 0) is 17.6 Å². The van der Waals surface area contributed by atoms with Crippen molar-refractivity contribution in [3.8, 4) is 0 Å². The quantitative estimate of drug-likeness (QED) is 0.664. The molecule has 1 aromatic heterocycles. The molecule has 0 saturated carbocycles. The van der Waals surface area contributed by atoms with E-state index in [1.807, 2.05) is 7.05 Å². The molecule has 0 spiro atoms. The number of methoxy groups -OCH3 is 1. The predicted molar refractivity (Wildman–Crippen MR) is 54.3 cm³/mol. The number of nitrogens with zero attached hydrogens (tertiary/aromatic N) is 1. The molecular formula is C10H18N2O2. The number of nitrogens with one attached hydrogen (secondary N) is 1. The van der Waals surface area contributed by atoms with E-state index in [4.69, 9.17) is 9.15 Å². The highest BCUT2D eigenvalue weighted by molar-refractivity contribution is 4.97. The molecule has 4 nitrogen and oxygen atoms in total. The van der Waals surface area contributed by atoms with Gasteiger partial charge in [0.15, 0.2) is 5.89 Å². The van der Waals surface area contributed by atoms with Crippen molar-refractivity contribution in [3.63, 3.8) is 0 Å². The summed E-state index contributed by atoms with van der Waals surface area (Å²) in [6, 6.07) is 0. The highest BCUT2D eigenvalue weighted by Crippen LogP contribution is 2.04. The van der Waals surface area contributed by atoms with Gasteiger partial charge in [0.05, 0.1) is 5.69 Å². The van der Waals surface area contributed by atoms with E-state index < -0.39 is 0 Å². The molecule has 4 heteroatoms. The second-order valence-corrected chi connectivity index (χ2v) is 3.18. The third kappa shape index (κ3) is 3.89. The lowest BCUT2D eigenvalue weighted by Crippen LogP contribution is -2.10. The van der Waals surface area contributed by atoms with Gasteiger partial charge in [-0.1, -0.05) is 0 Å². The minimum absolute atomic E-state index is 0.758. The largest absolute Gasteiger partial charge is 0.449 e. The molecule has 1 heterocycles. The second-order valence-electron chi connectivity index (χ2n) is 3.18. The van der Waals surface area contributed by atoms with E-state index in [9.17, 15) is 0 Å². The van der Waals surface area contributed by atoms with Crippen LogP contribution in [0.2, 0.25) is 0 Å². The smallest absolute Gasteiger partial charge is 0.194 e. The Hall–Kier alpha value is -0.870. The number of hydrogen-bond acceptors (Lipinski definition) is 4. The maximum atomic E-state index is 5.31. The number of aryl methyl sites for hydroxylation is 1. The third-order valence-corrected chi connectivity index (χ3v) is 1.97. The van der Waals surface area contributed by atoms with Crippen LogP contribution in [0.5, 0.6) is 0 Å². The van der Waals surface area contributed by atoms with Gasteiger partial charge in [0.25, 0.3) is 0 Å². The zero-order chi connectivity index (χ0) is 10.2. The molecule has 0 radical (unpaired) electrons. The zero-order valence-electron chi connectivity index (χ0n) is 8.88. The summed E-state index contributed by atoms with van der Waals surface area (Å²) in [6.45, 7) is 1.69. The molecule has 0 saturated heterocycles. The Balaban J connectivity index is 2.27. The molecule has 14 heavy (non-hydrogen) atoms. The maximum Gasteiger partial charge on any atom is 0.194 e. The maximum absolute atomic E-state index is 5.31. The second kappa shape index (κ2) is 6.56. The molecule has 1 rings (SSSR count). The fourth-order valence-electron chi connectivity index (χ4n) is 1.20. The van der Waals surface area contributed by atoms with Gasteiger partial charge in [-0.3, -0.25) is 0 Å². The van der Waals surface area contributed by atoms with E-state index in [-0.39, 0.29) is 0 Å². The van der Waals surface area contributed by atoms with Crippen molar-refractivity contribution in [1.29, 1.82) is 0 Å². The minimum atomic E-state index is 0.758. The molecule has 0 amide bonds. The van der Waals surface area contributed by atoms with Crippen LogP contribution in [0, 0.1) is 0 Å². The molecule has 0 aliphatic carbocycles. The first-order valence-corrected chi connectivity index (χ1v) is 4.93. The van der Waals surface area contributed by atoms with Crippen molar-refractivity contribution in [2.24, 2.45) is 0 Å². The minimum Gasteiger partial charge on any atom is -0.449 e. The molecule has 1 N–H and O–H groups in total. The summed E-state index contributed by atoms with van der Waals surface area (Å²) < 4.78 is 10.3. The highest BCUT2D eigenvalue weighted by atomic mass is 16.5. The number of likely N-dealkylation sites (N-methyl/N-ethyl adjacent to an activating group) is 1. The summed E-state index contributed by atoms with van der Waals surface area (Å²) in [5, 5.41) is 3.08. The van der Waals surface area contributed by atoms with Gasteiger partial charge >= 0.3 is 0 Å². The van der Waals surface area contributed by atoms with Gasteiger partial charge in [-0.05, 0) is 13.5 Å². The summed E-state index contributed by atoms with van der Waals surface area (Å²) in [7, 11) is 3.63. The molecule has 0 bridgehead atoms. The molecule has 0 aliphatic rings. The predicted octanol–water partition coefficient (Wildman–Crippen LogP) is 1.02. The van der Waals surface area contributed by atoms with Gasteiger partial charge in [0, 0.05) is 33.1 Å². The summed E-state index contributed by atoms with van der Waals surface area (Å²) in [5.41, 5.74) is 1.02. The molecule has 0 aromatic carbocycles. The van der Waals surface area contributed by atoms with E-state index in [1.165, 1.54) is 0 Å². The molecular weight excluding hydrogens is 180 g/mol. The number of hydrogen-bond donors (Lipinski definition) is 1. The van der Waals surface area contributed by atoms with E-state index >= 15 is 0 Å². The van der Waals surface area contributed by atoms with Crippen molar-refractivity contribution in [3.05, 3.63) is 17.8 Å². The Morgan fingerprint density at radius 2 is 2.36 bits per heavy atom. The fourth-order valence-corrected chi connectivity index (χ4v) is 1.20. The van der Waals surface area contributed by atoms with Crippen LogP contribution >= 0.6 is 0 Å². The first kappa shape index (κ1) is 11.2. The van der Waals surface area contributed by atoms with Gasteiger partial charge in [0.2, 0.25) is 0 Å². The lowest BCUT2D eigenvalue weighted by molar-refractivity contribution is 0.193. The van der Waals surface area contributed by atoms with Crippen LogP contribution in [0.4, 0.5) is 0 Å². The molecule has 0 unspecified atom stereocenters. The normalized spacial score (nSPS) is 10.7. The lowest BCUT2D eigenvalue weighted by Gasteiger charge is -1.94. The molecule has 80 valence electrons. The molecule has 0 atom stereocenters. The van der Waals surface area contributed by atoms with Crippen LogP contribution < -0.4 is 5.32 Å². The van der Waals surface area contributed by atoms with E-state index in [1.54, 1.807) is 13.4 Å². The van der Waals surface area contributed by atoms with Gasteiger partial charge in [-0.2, -0.15) is 0 Å². The van der Waals surface area contributed by atoms with E-state index in [0.29, 0.717) is 0 Å². The summed E-state index contributed by atoms with van der Waals surface area (Å²) in [4.78, 5) is 4.36. The third-order valence-electron chi connectivity index (χ3n) is 1.97. The van der Waals surface area contributed by atoms with E-state index in [2.05, 4.69) is 10.3 Å². The van der Waals surface area contributed by atoms with Crippen molar-refractivity contribution in [2.75, 3.05) is 27.3 Å². The van der Waals surface area contributed by atoms with Crippen molar-refractivity contribution in [1.82, 2.24) is 10.3 Å². The van der Waals surface area contributed by atoms with Crippen LogP contribution in [-0.4, -0.2) is 32.3 Å². The molecule has 0 aliphatic heterocycles. The lowest BCUT2D eigenvalue weighted by atomic mass is 10.3. The van der Waals surface area contributed by atoms with Crippen LogP contribution in [0.3, 0.4) is 0 Å². The topological polar surface area (TPSA) is 47.3 Å².